The van der Waals surface area contributed by atoms with Crippen molar-refractivity contribution in [2.24, 2.45) is 0 Å². The summed E-state index contributed by atoms with van der Waals surface area (Å²) in [6.45, 7) is 8.08. The predicted molar refractivity (Wildman–Crippen MR) is 78.3 cm³/mol. The zero-order chi connectivity index (χ0) is 14.0. The number of hydrogen-bond acceptors (Lipinski definition) is 2. The van der Waals surface area contributed by atoms with E-state index < -0.39 is 6.10 Å². The molecule has 0 radical (unpaired) electrons. The average molecular weight is 255 g/mol. The Morgan fingerprint density at radius 2 is 1.79 bits per heavy atom. The van der Waals surface area contributed by atoms with Crippen molar-refractivity contribution in [3.8, 4) is 0 Å². The van der Waals surface area contributed by atoms with Gasteiger partial charge in [0.05, 0.1) is 6.10 Å². The number of aryl methyl sites for hydroxylation is 4. The van der Waals surface area contributed by atoms with Crippen molar-refractivity contribution in [2.45, 2.75) is 40.2 Å². The molecule has 1 atom stereocenters. The molecule has 0 aliphatic rings. The molecular formula is C17H21NO. The molecular weight excluding hydrogens is 234 g/mol. The van der Waals surface area contributed by atoms with E-state index in [1.54, 1.807) is 0 Å². The fourth-order valence-electron chi connectivity index (χ4n) is 2.39. The van der Waals surface area contributed by atoms with Gasteiger partial charge in [0.15, 0.2) is 0 Å². The maximum absolute atomic E-state index is 10.4. The van der Waals surface area contributed by atoms with Gasteiger partial charge in [-0.3, -0.25) is 4.98 Å². The van der Waals surface area contributed by atoms with Crippen molar-refractivity contribution in [1.82, 2.24) is 4.98 Å². The number of rotatable bonds is 3. The summed E-state index contributed by atoms with van der Waals surface area (Å²) in [6.07, 6.45) is 0.146. The Morgan fingerprint density at radius 1 is 1.05 bits per heavy atom. The lowest BCUT2D eigenvalue weighted by Gasteiger charge is -2.15. The highest BCUT2D eigenvalue weighted by molar-refractivity contribution is 5.33. The molecule has 1 aromatic heterocycles. The van der Waals surface area contributed by atoms with E-state index in [1.807, 2.05) is 26.0 Å². The van der Waals surface area contributed by atoms with Crippen molar-refractivity contribution in [1.29, 1.82) is 0 Å². The van der Waals surface area contributed by atoms with Gasteiger partial charge in [-0.1, -0.05) is 29.8 Å². The van der Waals surface area contributed by atoms with Crippen molar-refractivity contribution in [3.05, 3.63) is 64.0 Å². The smallest absolute Gasteiger partial charge is 0.0847 e. The van der Waals surface area contributed by atoms with Gasteiger partial charge in [0.25, 0.3) is 0 Å². The monoisotopic (exact) mass is 255 g/mol. The number of aromatic nitrogens is 1. The third kappa shape index (κ3) is 3.21. The maximum atomic E-state index is 10.4. The lowest BCUT2D eigenvalue weighted by atomic mass is 9.96. The first-order chi connectivity index (χ1) is 8.97. The molecule has 0 saturated heterocycles. The van der Waals surface area contributed by atoms with Crippen molar-refractivity contribution in [2.75, 3.05) is 0 Å². The minimum Gasteiger partial charge on any atom is -0.388 e. The highest BCUT2D eigenvalue weighted by atomic mass is 16.3. The first-order valence-electron chi connectivity index (χ1n) is 6.65. The van der Waals surface area contributed by atoms with Crippen LogP contribution >= 0.6 is 0 Å². The van der Waals surface area contributed by atoms with Gasteiger partial charge in [-0.2, -0.15) is 0 Å². The minimum atomic E-state index is -0.492. The zero-order valence-corrected chi connectivity index (χ0v) is 12.1. The first-order valence-corrected chi connectivity index (χ1v) is 6.65. The van der Waals surface area contributed by atoms with E-state index in [1.165, 1.54) is 16.7 Å². The van der Waals surface area contributed by atoms with Crippen LogP contribution in [0.4, 0.5) is 0 Å². The van der Waals surface area contributed by atoms with Gasteiger partial charge in [0.1, 0.15) is 0 Å². The molecule has 2 aromatic rings. The van der Waals surface area contributed by atoms with Crippen LogP contribution in [0.15, 0.2) is 30.3 Å². The summed E-state index contributed by atoms with van der Waals surface area (Å²) in [7, 11) is 0. The number of aliphatic hydroxyl groups excluding tert-OH is 1. The lowest BCUT2D eigenvalue weighted by Crippen LogP contribution is -2.07. The molecule has 0 bridgehead atoms. The predicted octanol–water partition coefficient (Wildman–Crippen LogP) is 3.59. The Hall–Kier alpha value is -1.67. The molecule has 19 heavy (non-hydrogen) atoms. The van der Waals surface area contributed by atoms with Gasteiger partial charge in [0, 0.05) is 23.4 Å². The van der Waals surface area contributed by atoms with E-state index in [0.29, 0.717) is 6.42 Å². The summed E-state index contributed by atoms with van der Waals surface area (Å²) in [5.41, 5.74) is 6.48. The quantitative estimate of drug-likeness (QED) is 0.909. The summed E-state index contributed by atoms with van der Waals surface area (Å²) < 4.78 is 0. The third-order valence-corrected chi connectivity index (χ3v) is 3.54. The van der Waals surface area contributed by atoms with Gasteiger partial charge in [0.2, 0.25) is 0 Å². The van der Waals surface area contributed by atoms with Crippen molar-refractivity contribution in [3.63, 3.8) is 0 Å². The fourth-order valence-corrected chi connectivity index (χ4v) is 2.39. The molecule has 0 aliphatic heterocycles. The second-order valence-electron chi connectivity index (χ2n) is 5.28. The normalized spacial score (nSPS) is 12.5. The van der Waals surface area contributed by atoms with Crippen LogP contribution in [0.3, 0.4) is 0 Å². The van der Waals surface area contributed by atoms with E-state index >= 15 is 0 Å². The molecule has 0 fully saturated rings. The molecule has 1 N–H and O–H groups in total. The van der Waals surface area contributed by atoms with E-state index in [4.69, 9.17) is 0 Å². The molecule has 100 valence electrons. The molecule has 0 spiro atoms. The van der Waals surface area contributed by atoms with Gasteiger partial charge in [-0.25, -0.2) is 0 Å². The summed E-state index contributed by atoms with van der Waals surface area (Å²) >= 11 is 0. The van der Waals surface area contributed by atoms with Crippen LogP contribution < -0.4 is 0 Å². The molecule has 2 nitrogen and oxygen atoms in total. The highest BCUT2D eigenvalue weighted by Gasteiger charge is 2.13. The van der Waals surface area contributed by atoms with Crippen LogP contribution in [0.1, 0.15) is 39.7 Å². The molecule has 2 rings (SSSR count). The largest absolute Gasteiger partial charge is 0.388 e. The molecule has 1 aromatic carbocycles. The Labute approximate surface area is 115 Å². The molecule has 1 heterocycles. The number of aliphatic hydroxyl groups is 1. The highest BCUT2D eigenvalue weighted by Crippen LogP contribution is 2.23. The zero-order valence-electron chi connectivity index (χ0n) is 12.1. The van der Waals surface area contributed by atoms with Crippen molar-refractivity contribution < 1.29 is 5.11 Å². The summed E-state index contributed by atoms with van der Waals surface area (Å²) in [4.78, 5) is 4.42. The Morgan fingerprint density at radius 3 is 2.47 bits per heavy atom. The number of hydrogen-bond donors (Lipinski definition) is 1. The van der Waals surface area contributed by atoms with E-state index in [0.717, 1.165) is 17.0 Å². The van der Waals surface area contributed by atoms with Crippen LogP contribution in [0.2, 0.25) is 0 Å². The molecule has 0 aliphatic carbocycles. The van der Waals surface area contributed by atoms with E-state index in [-0.39, 0.29) is 0 Å². The van der Waals surface area contributed by atoms with Crippen LogP contribution in [-0.4, -0.2) is 10.1 Å². The number of pyridine rings is 1. The standard InChI is InChI=1S/C17H21NO/c1-11-5-6-12(2)15(9-11)10-17(19)16-8-7-13(3)18-14(16)4/h5-9,17,19H,10H2,1-4H3. The summed E-state index contributed by atoms with van der Waals surface area (Å²) in [6, 6.07) is 10.3. The summed E-state index contributed by atoms with van der Waals surface area (Å²) in [5, 5.41) is 10.4. The molecule has 2 heteroatoms. The molecule has 1 unspecified atom stereocenters. The van der Waals surface area contributed by atoms with Gasteiger partial charge >= 0.3 is 0 Å². The van der Waals surface area contributed by atoms with Gasteiger partial charge < -0.3 is 5.11 Å². The van der Waals surface area contributed by atoms with E-state index in [2.05, 4.69) is 37.0 Å². The van der Waals surface area contributed by atoms with Crippen LogP contribution in [0.5, 0.6) is 0 Å². The Balaban J connectivity index is 2.25. The number of nitrogens with zero attached hydrogens (tertiary/aromatic N) is 1. The SMILES string of the molecule is Cc1ccc(C)c(CC(O)c2ccc(C)nc2C)c1. The van der Waals surface area contributed by atoms with E-state index in [9.17, 15) is 5.11 Å². The fraction of sp³-hybridized carbons (Fsp3) is 0.353. The maximum Gasteiger partial charge on any atom is 0.0847 e. The summed E-state index contributed by atoms with van der Waals surface area (Å²) in [5.74, 6) is 0. The lowest BCUT2D eigenvalue weighted by molar-refractivity contribution is 0.177. The van der Waals surface area contributed by atoms with Crippen LogP contribution in [-0.2, 0) is 6.42 Å². The molecule has 0 amide bonds. The average Bonchev–Trinajstić information content (AvgIpc) is 2.33. The van der Waals surface area contributed by atoms with Gasteiger partial charge in [-0.05, 0) is 44.9 Å². The van der Waals surface area contributed by atoms with Crippen LogP contribution in [0, 0.1) is 27.7 Å². The van der Waals surface area contributed by atoms with Crippen molar-refractivity contribution >= 4 is 0 Å². The number of benzene rings is 1. The topological polar surface area (TPSA) is 33.1 Å². The second kappa shape index (κ2) is 5.54. The Bertz CT molecular complexity index is 590. The van der Waals surface area contributed by atoms with Crippen LogP contribution in [0.25, 0.3) is 0 Å². The first kappa shape index (κ1) is 13.8. The van der Waals surface area contributed by atoms with Gasteiger partial charge in [-0.15, -0.1) is 0 Å². The molecule has 0 saturated carbocycles. The second-order valence-corrected chi connectivity index (χ2v) is 5.28. The minimum absolute atomic E-state index is 0.492. The third-order valence-electron chi connectivity index (χ3n) is 3.54. The Kier molecular flexibility index (Phi) is 4.01.